The van der Waals surface area contributed by atoms with Crippen LogP contribution in [0.2, 0.25) is 0 Å². The number of aromatic nitrogens is 2. The monoisotopic (exact) mass is 334 g/mol. The molecule has 1 N–H and O–H groups in total. The van der Waals surface area contributed by atoms with Gasteiger partial charge in [0.25, 0.3) is 0 Å². The van der Waals surface area contributed by atoms with Gasteiger partial charge in [-0.15, -0.1) is 11.6 Å². The van der Waals surface area contributed by atoms with E-state index in [2.05, 4.69) is 22.0 Å². The zero-order valence-corrected chi connectivity index (χ0v) is 14.3. The zero-order chi connectivity index (χ0) is 15.6. The molecule has 1 unspecified atom stereocenters. The normalized spacial score (nSPS) is 20.5. The fraction of sp³-hybridized carbons (Fsp3) is 0.769. The Morgan fingerprint density at radius 2 is 2.24 bits per heavy atom. The number of likely N-dealkylation sites (N-methyl/N-ethyl adjacent to an activating group) is 2. The van der Waals surface area contributed by atoms with Crippen LogP contribution < -0.4 is 0 Å². The molecule has 120 valence electrons. The lowest BCUT2D eigenvalue weighted by molar-refractivity contribution is 0.237. The topological polar surface area (TPSA) is 69.3 Å². The Bertz CT molecular complexity index is 587. The molecule has 1 aliphatic heterocycles. The van der Waals surface area contributed by atoms with Crippen LogP contribution in [0.25, 0.3) is 0 Å². The molecule has 1 fully saturated rings. The van der Waals surface area contributed by atoms with Crippen LogP contribution in [0.15, 0.2) is 4.90 Å². The van der Waals surface area contributed by atoms with Crippen LogP contribution in [0.1, 0.15) is 31.2 Å². The van der Waals surface area contributed by atoms with Crippen molar-refractivity contribution in [2.45, 2.75) is 43.5 Å². The third-order valence-corrected chi connectivity index (χ3v) is 6.41. The van der Waals surface area contributed by atoms with E-state index in [4.69, 9.17) is 11.6 Å². The molecule has 0 aliphatic carbocycles. The van der Waals surface area contributed by atoms with E-state index in [0.717, 1.165) is 25.9 Å². The molecule has 21 heavy (non-hydrogen) atoms. The lowest BCUT2D eigenvalue weighted by Gasteiger charge is -2.27. The highest BCUT2D eigenvalue weighted by molar-refractivity contribution is 7.89. The first-order chi connectivity index (χ1) is 9.91. The van der Waals surface area contributed by atoms with Crippen LogP contribution in [-0.2, 0) is 15.9 Å². The molecule has 0 aromatic carbocycles. The lowest BCUT2D eigenvalue weighted by Crippen LogP contribution is -2.41. The standard InChI is InChI=1S/C13H23ClN4O2S/c1-4-18-7-5-6-11(18)9-17(3)21(19,20)13-10(2)15-16-12(13)8-14/h11H,4-9H2,1-3H3,(H,15,16). The Morgan fingerprint density at radius 1 is 1.52 bits per heavy atom. The first kappa shape index (κ1) is 16.7. The number of aromatic amines is 1. The van der Waals surface area contributed by atoms with Gasteiger partial charge in [0, 0.05) is 19.6 Å². The van der Waals surface area contributed by atoms with Gasteiger partial charge in [-0.3, -0.25) is 10.00 Å². The molecular weight excluding hydrogens is 312 g/mol. The minimum absolute atomic E-state index is 0.0806. The summed E-state index contributed by atoms with van der Waals surface area (Å²) in [6.07, 6.45) is 2.17. The molecule has 1 atom stereocenters. The molecule has 0 bridgehead atoms. The number of alkyl halides is 1. The van der Waals surface area contributed by atoms with Gasteiger partial charge in [0.05, 0.1) is 17.3 Å². The molecule has 1 aromatic rings. The van der Waals surface area contributed by atoms with Crippen LogP contribution in [0.4, 0.5) is 0 Å². The molecule has 1 saturated heterocycles. The SMILES string of the molecule is CCN1CCCC1CN(C)S(=O)(=O)c1c(CCl)n[nH]c1C. The van der Waals surface area contributed by atoms with Gasteiger partial charge in [-0.2, -0.15) is 9.40 Å². The van der Waals surface area contributed by atoms with E-state index in [0.29, 0.717) is 24.0 Å². The van der Waals surface area contributed by atoms with E-state index < -0.39 is 10.0 Å². The van der Waals surface area contributed by atoms with Crippen LogP contribution in [0.3, 0.4) is 0 Å². The number of rotatable bonds is 6. The van der Waals surface area contributed by atoms with E-state index in [1.807, 2.05) is 0 Å². The largest absolute Gasteiger partial charge is 0.299 e. The summed E-state index contributed by atoms with van der Waals surface area (Å²) in [6.45, 7) is 6.32. The number of halogens is 1. The minimum Gasteiger partial charge on any atom is -0.299 e. The van der Waals surface area contributed by atoms with E-state index in [-0.39, 0.29) is 10.8 Å². The zero-order valence-electron chi connectivity index (χ0n) is 12.8. The Hall–Kier alpha value is -0.630. The highest BCUT2D eigenvalue weighted by Gasteiger charge is 2.32. The number of sulfonamides is 1. The van der Waals surface area contributed by atoms with Crippen LogP contribution >= 0.6 is 11.6 Å². The van der Waals surface area contributed by atoms with Crippen molar-refractivity contribution >= 4 is 21.6 Å². The highest BCUT2D eigenvalue weighted by atomic mass is 35.5. The van der Waals surface area contributed by atoms with Crippen LogP contribution in [0, 0.1) is 6.92 Å². The fourth-order valence-electron chi connectivity index (χ4n) is 2.97. The number of aryl methyl sites for hydroxylation is 1. The third kappa shape index (κ3) is 3.26. The molecular formula is C13H23ClN4O2S. The number of hydrogen-bond acceptors (Lipinski definition) is 4. The average Bonchev–Trinajstić information content (AvgIpc) is 3.04. The van der Waals surface area contributed by atoms with Gasteiger partial charge in [0.2, 0.25) is 10.0 Å². The van der Waals surface area contributed by atoms with Crippen molar-refractivity contribution < 1.29 is 8.42 Å². The number of likely N-dealkylation sites (tertiary alicyclic amines) is 1. The summed E-state index contributed by atoms with van der Waals surface area (Å²) in [5.74, 6) is 0.0806. The maximum absolute atomic E-state index is 12.8. The second-order valence-electron chi connectivity index (χ2n) is 5.47. The molecule has 0 radical (unpaired) electrons. The summed E-state index contributed by atoms with van der Waals surface area (Å²) in [6, 6.07) is 0.293. The summed E-state index contributed by atoms with van der Waals surface area (Å²) < 4.78 is 27.0. The van der Waals surface area contributed by atoms with Crippen molar-refractivity contribution in [2.24, 2.45) is 0 Å². The van der Waals surface area contributed by atoms with Crippen LogP contribution in [0.5, 0.6) is 0 Å². The molecule has 0 saturated carbocycles. The molecule has 8 heteroatoms. The van der Waals surface area contributed by atoms with E-state index in [9.17, 15) is 8.42 Å². The predicted molar refractivity (Wildman–Crippen MR) is 83.0 cm³/mol. The second kappa shape index (κ2) is 6.64. The van der Waals surface area contributed by atoms with Crippen molar-refractivity contribution in [2.75, 3.05) is 26.7 Å². The van der Waals surface area contributed by atoms with E-state index in [1.165, 1.54) is 4.31 Å². The van der Waals surface area contributed by atoms with Gasteiger partial charge in [0.1, 0.15) is 4.90 Å². The molecule has 0 amide bonds. The molecule has 1 aliphatic rings. The van der Waals surface area contributed by atoms with Gasteiger partial charge in [-0.1, -0.05) is 6.92 Å². The summed E-state index contributed by atoms with van der Waals surface area (Å²) >= 11 is 5.80. The van der Waals surface area contributed by atoms with E-state index in [1.54, 1.807) is 14.0 Å². The van der Waals surface area contributed by atoms with Gasteiger partial charge in [0.15, 0.2) is 0 Å². The van der Waals surface area contributed by atoms with Gasteiger partial charge in [-0.05, 0) is 32.9 Å². The lowest BCUT2D eigenvalue weighted by atomic mass is 10.2. The number of H-pyrrole nitrogens is 1. The second-order valence-corrected chi connectivity index (χ2v) is 7.72. The van der Waals surface area contributed by atoms with Crippen molar-refractivity contribution in [1.82, 2.24) is 19.4 Å². The maximum atomic E-state index is 12.8. The summed E-state index contributed by atoms with van der Waals surface area (Å²) in [5.41, 5.74) is 0.927. The molecule has 6 nitrogen and oxygen atoms in total. The Kier molecular flexibility index (Phi) is 5.29. The molecule has 2 rings (SSSR count). The summed E-state index contributed by atoms with van der Waals surface area (Å²) in [4.78, 5) is 2.55. The van der Waals surface area contributed by atoms with Gasteiger partial charge < -0.3 is 0 Å². The van der Waals surface area contributed by atoms with Gasteiger partial charge in [-0.25, -0.2) is 8.42 Å². The number of nitrogens with one attached hydrogen (secondary N) is 1. The number of hydrogen-bond donors (Lipinski definition) is 1. The summed E-state index contributed by atoms with van der Waals surface area (Å²) in [5, 5.41) is 6.68. The Balaban J connectivity index is 2.21. The molecule has 2 heterocycles. The summed E-state index contributed by atoms with van der Waals surface area (Å²) in [7, 11) is -1.93. The molecule has 1 aromatic heterocycles. The smallest absolute Gasteiger partial charge is 0.246 e. The third-order valence-electron chi connectivity index (χ3n) is 4.13. The quantitative estimate of drug-likeness (QED) is 0.802. The minimum atomic E-state index is -3.56. The maximum Gasteiger partial charge on any atom is 0.246 e. The first-order valence-corrected chi connectivity index (χ1v) is 9.19. The van der Waals surface area contributed by atoms with Crippen molar-refractivity contribution in [3.05, 3.63) is 11.4 Å². The van der Waals surface area contributed by atoms with Crippen molar-refractivity contribution in [3.63, 3.8) is 0 Å². The molecule has 0 spiro atoms. The first-order valence-electron chi connectivity index (χ1n) is 7.22. The fourth-order valence-corrected chi connectivity index (χ4v) is 4.77. The average molecular weight is 335 g/mol. The van der Waals surface area contributed by atoms with Crippen molar-refractivity contribution in [1.29, 1.82) is 0 Å². The van der Waals surface area contributed by atoms with Gasteiger partial charge >= 0.3 is 0 Å². The van der Waals surface area contributed by atoms with E-state index >= 15 is 0 Å². The Labute approximate surface area is 131 Å². The van der Waals surface area contributed by atoms with Crippen molar-refractivity contribution in [3.8, 4) is 0 Å². The highest BCUT2D eigenvalue weighted by Crippen LogP contribution is 2.25. The van der Waals surface area contributed by atoms with Crippen LogP contribution in [-0.4, -0.2) is 60.5 Å². The number of nitrogens with zero attached hydrogens (tertiary/aromatic N) is 3. The Morgan fingerprint density at radius 3 is 2.86 bits per heavy atom. The predicted octanol–water partition coefficient (Wildman–Crippen LogP) is 1.56.